The number of amides is 1. The van der Waals surface area contributed by atoms with E-state index in [-0.39, 0.29) is 17.9 Å². The zero-order valence-electron chi connectivity index (χ0n) is 12.0. The highest BCUT2D eigenvalue weighted by molar-refractivity contribution is 6.52. The highest BCUT2D eigenvalue weighted by atomic mass is 35.5. The Kier molecular flexibility index (Phi) is 2.94. The average Bonchev–Trinajstić information content (AvgIpc) is 2.96. The predicted octanol–water partition coefficient (Wildman–Crippen LogP) is 3.90. The first-order valence-electron chi connectivity index (χ1n) is 8.06. The monoisotopic (exact) mass is 315 g/mol. The Bertz CT molecular complexity index is 412. The van der Waals surface area contributed by atoms with Crippen molar-refractivity contribution in [1.82, 2.24) is 5.32 Å². The number of alkyl halides is 2. The topological polar surface area (TPSA) is 29.1 Å². The van der Waals surface area contributed by atoms with Crippen molar-refractivity contribution in [2.24, 2.45) is 29.1 Å². The van der Waals surface area contributed by atoms with E-state index in [4.69, 9.17) is 23.2 Å². The van der Waals surface area contributed by atoms with Gasteiger partial charge >= 0.3 is 0 Å². The molecule has 5 saturated carbocycles. The van der Waals surface area contributed by atoms with E-state index in [1.807, 2.05) is 0 Å². The third-order valence-corrected chi connectivity index (χ3v) is 7.34. The highest BCUT2D eigenvalue weighted by Crippen LogP contribution is 2.61. The number of carbonyl (C=O) groups excluding carboxylic acids is 1. The van der Waals surface area contributed by atoms with E-state index >= 15 is 0 Å². The molecule has 5 fully saturated rings. The van der Waals surface area contributed by atoms with Gasteiger partial charge in [-0.1, -0.05) is 0 Å². The van der Waals surface area contributed by atoms with Crippen LogP contribution in [0.5, 0.6) is 0 Å². The van der Waals surface area contributed by atoms with Crippen LogP contribution in [0.15, 0.2) is 0 Å². The fourth-order valence-electron chi connectivity index (χ4n) is 5.67. The molecule has 0 heterocycles. The molecule has 0 aromatic carbocycles. The van der Waals surface area contributed by atoms with Crippen LogP contribution in [0.2, 0.25) is 0 Å². The molecule has 112 valence electrons. The number of carbonyl (C=O) groups is 1. The van der Waals surface area contributed by atoms with Crippen molar-refractivity contribution < 1.29 is 4.79 Å². The van der Waals surface area contributed by atoms with Crippen molar-refractivity contribution in [3.8, 4) is 0 Å². The molecule has 2 atom stereocenters. The second kappa shape index (κ2) is 4.29. The van der Waals surface area contributed by atoms with Gasteiger partial charge in [-0.2, -0.15) is 0 Å². The molecule has 20 heavy (non-hydrogen) atoms. The Morgan fingerprint density at radius 3 is 1.90 bits per heavy atom. The van der Waals surface area contributed by atoms with Gasteiger partial charge in [-0.25, -0.2) is 0 Å². The molecular formula is C16H23Cl2NO. The summed E-state index contributed by atoms with van der Waals surface area (Å²) < 4.78 is -0.800. The Hall–Kier alpha value is 0.0500. The second-order valence-electron chi connectivity index (χ2n) is 8.03. The summed E-state index contributed by atoms with van der Waals surface area (Å²) in [6, 6.07) is 0.271. The van der Waals surface area contributed by atoms with Crippen LogP contribution in [0, 0.1) is 29.1 Å². The SMILES string of the molecule is C[C@H](NC(=O)[C@H]1CC1(Cl)Cl)C12CC3CC(CC(C3)C1)C2. The van der Waals surface area contributed by atoms with Gasteiger partial charge in [0.1, 0.15) is 4.33 Å². The zero-order chi connectivity index (χ0) is 14.1. The van der Waals surface area contributed by atoms with Crippen molar-refractivity contribution in [1.29, 1.82) is 0 Å². The van der Waals surface area contributed by atoms with Crippen LogP contribution in [0.4, 0.5) is 0 Å². The first-order valence-corrected chi connectivity index (χ1v) is 8.82. The number of rotatable bonds is 3. The number of halogens is 2. The summed E-state index contributed by atoms with van der Waals surface area (Å²) in [6.45, 7) is 2.21. The maximum atomic E-state index is 12.2. The minimum absolute atomic E-state index is 0.0678. The molecule has 2 nitrogen and oxygen atoms in total. The lowest BCUT2D eigenvalue weighted by Crippen LogP contribution is -2.56. The molecule has 0 radical (unpaired) electrons. The minimum Gasteiger partial charge on any atom is -0.353 e. The smallest absolute Gasteiger partial charge is 0.226 e. The predicted molar refractivity (Wildman–Crippen MR) is 80.8 cm³/mol. The lowest BCUT2D eigenvalue weighted by molar-refractivity contribution is -0.127. The molecule has 1 amide bonds. The highest BCUT2D eigenvalue weighted by Gasteiger charge is 2.58. The molecule has 1 N–H and O–H groups in total. The van der Waals surface area contributed by atoms with Gasteiger partial charge < -0.3 is 5.32 Å². The maximum Gasteiger partial charge on any atom is 0.226 e. The molecule has 4 bridgehead atoms. The molecule has 5 aliphatic rings. The molecule has 0 aromatic rings. The third kappa shape index (κ3) is 2.09. The van der Waals surface area contributed by atoms with Gasteiger partial charge in [-0.05, 0) is 75.0 Å². The van der Waals surface area contributed by atoms with Crippen molar-refractivity contribution >= 4 is 29.1 Å². The molecule has 0 spiro atoms. The molecule has 0 saturated heterocycles. The molecule has 0 unspecified atom stereocenters. The van der Waals surface area contributed by atoms with E-state index in [1.165, 1.54) is 38.5 Å². The standard InChI is InChI=1S/C16H23Cl2NO/c1-9(19-14(20)13-8-16(13,17)18)15-5-10-2-11(6-15)4-12(3-10)7-15/h9-13H,2-8H2,1H3,(H,19,20)/t9-,10?,11?,12?,13+,15?/m0/s1. The van der Waals surface area contributed by atoms with Gasteiger partial charge in [-0.15, -0.1) is 23.2 Å². The van der Waals surface area contributed by atoms with E-state index in [0.29, 0.717) is 11.8 Å². The van der Waals surface area contributed by atoms with Crippen molar-refractivity contribution in [3.05, 3.63) is 0 Å². The summed E-state index contributed by atoms with van der Waals surface area (Å²) in [7, 11) is 0. The van der Waals surface area contributed by atoms with E-state index in [9.17, 15) is 4.79 Å². The normalized spacial score (nSPS) is 49.0. The minimum atomic E-state index is -0.800. The first kappa shape index (κ1) is 13.7. The number of nitrogens with one attached hydrogen (secondary N) is 1. The Morgan fingerprint density at radius 1 is 1.05 bits per heavy atom. The maximum absolute atomic E-state index is 12.2. The molecule has 5 aliphatic carbocycles. The average molecular weight is 316 g/mol. The van der Waals surface area contributed by atoms with Gasteiger partial charge in [0.05, 0.1) is 5.92 Å². The molecular weight excluding hydrogens is 293 g/mol. The summed E-state index contributed by atoms with van der Waals surface area (Å²) in [4.78, 5) is 12.2. The second-order valence-corrected chi connectivity index (χ2v) is 9.57. The lowest BCUT2D eigenvalue weighted by Gasteiger charge is -2.59. The number of hydrogen-bond donors (Lipinski definition) is 1. The summed E-state index contributed by atoms with van der Waals surface area (Å²) in [6.07, 6.45) is 8.88. The van der Waals surface area contributed by atoms with E-state index < -0.39 is 4.33 Å². The van der Waals surface area contributed by atoms with Gasteiger partial charge in [0.25, 0.3) is 0 Å². The summed E-state index contributed by atoms with van der Waals surface area (Å²) >= 11 is 12.0. The Balaban J connectivity index is 1.46. The lowest BCUT2D eigenvalue weighted by atomic mass is 9.48. The molecule has 4 heteroatoms. The summed E-state index contributed by atoms with van der Waals surface area (Å²) in [5.74, 6) is 2.63. The van der Waals surface area contributed by atoms with Gasteiger partial charge in [0.15, 0.2) is 0 Å². The molecule has 5 rings (SSSR count). The molecule has 0 aromatic heterocycles. The van der Waals surface area contributed by atoms with Crippen molar-refractivity contribution in [2.75, 3.05) is 0 Å². The van der Waals surface area contributed by atoms with E-state index in [1.54, 1.807) is 0 Å². The van der Waals surface area contributed by atoms with Gasteiger partial charge in [0.2, 0.25) is 5.91 Å². The third-order valence-electron chi connectivity index (χ3n) is 6.51. The van der Waals surface area contributed by atoms with Crippen LogP contribution in [-0.2, 0) is 4.79 Å². The van der Waals surface area contributed by atoms with Gasteiger partial charge in [0, 0.05) is 6.04 Å². The summed E-state index contributed by atoms with van der Waals surface area (Å²) in [5, 5.41) is 3.25. The van der Waals surface area contributed by atoms with Gasteiger partial charge in [-0.3, -0.25) is 4.79 Å². The van der Waals surface area contributed by atoms with Crippen LogP contribution in [0.3, 0.4) is 0 Å². The summed E-state index contributed by atoms with van der Waals surface area (Å²) in [5.41, 5.74) is 0.362. The van der Waals surface area contributed by atoms with Crippen LogP contribution < -0.4 is 5.32 Å². The fourth-order valence-corrected chi connectivity index (χ4v) is 6.18. The van der Waals surface area contributed by atoms with Crippen molar-refractivity contribution in [2.45, 2.75) is 62.2 Å². The van der Waals surface area contributed by atoms with Crippen LogP contribution >= 0.6 is 23.2 Å². The van der Waals surface area contributed by atoms with Crippen molar-refractivity contribution in [3.63, 3.8) is 0 Å². The largest absolute Gasteiger partial charge is 0.353 e. The zero-order valence-corrected chi connectivity index (χ0v) is 13.5. The van der Waals surface area contributed by atoms with Crippen LogP contribution in [0.1, 0.15) is 51.9 Å². The molecule has 0 aliphatic heterocycles. The Morgan fingerprint density at radius 2 is 1.50 bits per heavy atom. The first-order chi connectivity index (χ1) is 9.38. The number of hydrogen-bond acceptors (Lipinski definition) is 1. The quantitative estimate of drug-likeness (QED) is 0.786. The fraction of sp³-hybridized carbons (Fsp3) is 0.938. The van der Waals surface area contributed by atoms with Crippen LogP contribution in [-0.4, -0.2) is 16.3 Å². The van der Waals surface area contributed by atoms with E-state index in [2.05, 4.69) is 12.2 Å². The van der Waals surface area contributed by atoms with Crippen LogP contribution in [0.25, 0.3) is 0 Å². The van der Waals surface area contributed by atoms with E-state index in [0.717, 1.165) is 17.8 Å². The Labute approximate surface area is 131 Å².